The third-order valence-electron chi connectivity index (χ3n) is 0.164. The van der Waals surface area contributed by atoms with Gasteiger partial charge in [-0.3, -0.25) is 4.79 Å². The second kappa shape index (κ2) is 6.58. The van der Waals surface area contributed by atoms with Crippen LogP contribution in [0, 0.1) is 0 Å². The molecule has 0 atom stereocenters. The topological polar surface area (TPSA) is 69.4 Å². The van der Waals surface area contributed by atoms with Crippen molar-refractivity contribution in [3.05, 3.63) is 0 Å². The number of nitrogens with two attached hydrogens (primary N) is 1. The molecule has 7 heavy (non-hydrogen) atoms. The average molecular weight is 129 g/mol. The standard InChI is InChI=1S/C2H3NO3.K.H/c3-2(5)6-1-4;;/h1H,(H2,3,5);;. The molecule has 4 nitrogen and oxygen atoms in total. The molecule has 0 aliphatic rings. The summed E-state index contributed by atoms with van der Waals surface area (Å²) in [7, 11) is 0. The molecule has 0 unspecified atom stereocenters. The van der Waals surface area contributed by atoms with Crippen LogP contribution in [0.25, 0.3) is 0 Å². The van der Waals surface area contributed by atoms with Crippen molar-refractivity contribution in [2.24, 2.45) is 5.73 Å². The van der Waals surface area contributed by atoms with Gasteiger partial charge in [0.1, 0.15) is 0 Å². The van der Waals surface area contributed by atoms with Gasteiger partial charge in [-0.15, -0.1) is 0 Å². The Hall–Kier alpha value is 0.576. The maximum atomic E-state index is 9.37. The van der Waals surface area contributed by atoms with Crippen molar-refractivity contribution in [1.29, 1.82) is 0 Å². The van der Waals surface area contributed by atoms with Crippen molar-refractivity contribution in [2.45, 2.75) is 0 Å². The summed E-state index contributed by atoms with van der Waals surface area (Å²) in [5, 5.41) is 0. The van der Waals surface area contributed by atoms with E-state index in [2.05, 4.69) is 10.5 Å². The summed E-state index contributed by atoms with van der Waals surface area (Å²) in [6.07, 6.45) is -1.08. The molecular weight excluding hydrogens is 125 g/mol. The fraction of sp³-hybridized carbons (Fsp3) is 0. The summed E-state index contributed by atoms with van der Waals surface area (Å²) < 4.78 is 3.50. The van der Waals surface area contributed by atoms with Crippen molar-refractivity contribution in [2.75, 3.05) is 0 Å². The Labute approximate surface area is 82.8 Å². The van der Waals surface area contributed by atoms with Crippen LogP contribution < -0.4 is 5.73 Å². The monoisotopic (exact) mass is 129 g/mol. The van der Waals surface area contributed by atoms with Crippen molar-refractivity contribution in [3.63, 3.8) is 0 Å². The fourth-order valence-corrected chi connectivity index (χ4v) is 0.0474. The van der Waals surface area contributed by atoms with Gasteiger partial charge in [0, 0.05) is 0 Å². The molecule has 0 aromatic rings. The molecule has 0 spiro atoms. The molecule has 2 N–H and O–H groups in total. The third-order valence-corrected chi connectivity index (χ3v) is 0.164. The van der Waals surface area contributed by atoms with E-state index in [0.717, 1.165) is 0 Å². The molecule has 0 radical (unpaired) electrons. The Kier molecular flexibility index (Phi) is 9.90. The van der Waals surface area contributed by atoms with E-state index in [0.29, 0.717) is 0 Å². The van der Waals surface area contributed by atoms with E-state index in [1.54, 1.807) is 0 Å². The summed E-state index contributed by atoms with van der Waals surface area (Å²) in [5.41, 5.74) is 4.31. The predicted octanol–water partition coefficient (Wildman–Crippen LogP) is -1.41. The first-order chi connectivity index (χ1) is 2.77. The van der Waals surface area contributed by atoms with Gasteiger partial charge in [0.05, 0.1) is 0 Å². The molecular formula is C2H4KNO3. The minimum absolute atomic E-state index is 0. The first kappa shape index (κ1) is 10.5. The zero-order valence-corrected chi connectivity index (χ0v) is 2.88. The molecule has 0 heterocycles. The molecule has 0 bridgehead atoms. The van der Waals surface area contributed by atoms with E-state index in [4.69, 9.17) is 4.79 Å². The van der Waals surface area contributed by atoms with Crippen LogP contribution >= 0.6 is 0 Å². The quantitative estimate of drug-likeness (QED) is 0.268. The van der Waals surface area contributed by atoms with Gasteiger partial charge in [0.15, 0.2) is 0 Å². The second-order valence-electron chi connectivity index (χ2n) is 0.533. The predicted molar refractivity (Wildman–Crippen MR) is 23.9 cm³/mol. The van der Waals surface area contributed by atoms with Crippen LogP contribution in [0.2, 0.25) is 0 Å². The number of carbonyl (C=O) groups is 2. The molecule has 1 amide bonds. The first-order valence-corrected chi connectivity index (χ1v) is 1.17. The molecule has 0 aliphatic heterocycles. The first-order valence-electron chi connectivity index (χ1n) is 1.17. The van der Waals surface area contributed by atoms with E-state index in [-0.39, 0.29) is 57.9 Å². The number of amides is 1. The number of hydrogen-bond donors (Lipinski definition) is 1. The van der Waals surface area contributed by atoms with Crippen molar-refractivity contribution >= 4 is 63.9 Å². The molecule has 0 aromatic heterocycles. The van der Waals surface area contributed by atoms with Crippen LogP contribution in [0.1, 0.15) is 0 Å². The average Bonchev–Trinajstić information content (AvgIpc) is 1.35. The number of hydrogen-bond acceptors (Lipinski definition) is 3. The van der Waals surface area contributed by atoms with Gasteiger partial charge in [-0.05, 0) is 0 Å². The van der Waals surface area contributed by atoms with Gasteiger partial charge < -0.3 is 10.5 Å². The van der Waals surface area contributed by atoms with Crippen LogP contribution in [-0.4, -0.2) is 63.9 Å². The Morgan fingerprint density at radius 1 is 1.71 bits per heavy atom. The zero-order valence-electron chi connectivity index (χ0n) is 2.88. The molecule has 0 saturated heterocycles. The number of rotatable bonds is 1. The van der Waals surface area contributed by atoms with Crippen molar-refractivity contribution in [3.8, 4) is 0 Å². The van der Waals surface area contributed by atoms with Gasteiger partial charge in [0.2, 0.25) is 0 Å². The molecule has 0 rings (SSSR count). The second-order valence-corrected chi connectivity index (χ2v) is 0.533. The minimum atomic E-state index is -1.08. The van der Waals surface area contributed by atoms with Gasteiger partial charge in [-0.25, -0.2) is 4.79 Å². The number of primary amides is 1. The molecule has 0 aromatic carbocycles. The van der Waals surface area contributed by atoms with Gasteiger partial charge >= 0.3 is 63.9 Å². The van der Waals surface area contributed by atoms with Crippen LogP contribution in [0.5, 0.6) is 0 Å². The molecule has 36 valence electrons. The van der Waals surface area contributed by atoms with E-state index in [1.165, 1.54) is 0 Å². The normalized spacial score (nSPS) is 5.71. The SMILES string of the molecule is NC(=O)OC=O.[KH]. The van der Waals surface area contributed by atoms with Crippen LogP contribution in [0.3, 0.4) is 0 Å². The molecule has 5 heteroatoms. The van der Waals surface area contributed by atoms with E-state index >= 15 is 0 Å². The van der Waals surface area contributed by atoms with Crippen LogP contribution in [0.15, 0.2) is 0 Å². The number of ether oxygens (including phenoxy) is 1. The van der Waals surface area contributed by atoms with Gasteiger partial charge in [-0.2, -0.15) is 0 Å². The summed E-state index contributed by atoms with van der Waals surface area (Å²) in [5.74, 6) is 0. The van der Waals surface area contributed by atoms with E-state index in [9.17, 15) is 4.79 Å². The zero-order chi connectivity index (χ0) is 4.99. The third kappa shape index (κ3) is 10.8. The van der Waals surface area contributed by atoms with Crippen LogP contribution in [-0.2, 0) is 9.53 Å². The summed E-state index contributed by atoms with van der Waals surface area (Å²) >= 11 is 0. The van der Waals surface area contributed by atoms with Crippen molar-refractivity contribution < 1.29 is 14.3 Å². The summed E-state index contributed by atoms with van der Waals surface area (Å²) in [6, 6.07) is 0. The van der Waals surface area contributed by atoms with Gasteiger partial charge in [0.25, 0.3) is 0 Å². The van der Waals surface area contributed by atoms with Gasteiger partial charge in [-0.1, -0.05) is 0 Å². The Morgan fingerprint density at radius 3 is 2.14 bits per heavy atom. The summed E-state index contributed by atoms with van der Waals surface area (Å²) in [6.45, 7) is -0.0255. The fourth-order valence-electron chi connectivity index (χ4n) is 0.0474. The van der Waals surface area contributed by atoms with E-state index < -0.39 is 6.09 Å². The Morgan fingerprint density at radius 2 is 2.14 bits per heavy atom. The molecule has 0 saturated carbocycles. The van der Waals surface area contributed by atoms with E-state index in [1.807, 2.05) is 0 Å². The molecule has 0 fully saturated rings. The summed E-state index contributed by atoms with van der Waals surface area (Å²) in [4.78, 5) is 18.5. The van der Waals surface area contributed by atoms with Crippen LogP contribution in [0.4, 0.5) is 4.79 Å². The number of carbonyl (C=O) groups excluding carboxylic acids is 2. The van der Waals surface area contributed by atoms with Crippen molar-refractivity contribution in [1.82, 2.24) is 0 Å². The maximum absolute atomic E-state index is 9.37. The molecule has 0 aliphatic carbocycles. The Balaban J connectivity index is 0. The Bertz CT molecular complexity index is 73.3.